The van der Waals surface area contributed by atoms with Crippen LogP contribution in [0.25, 0.3) is 10.9 Å². The van der Waals surface area contributed by atoms with E-state index in [1.807, 2.05) is 24.3 Å². The third-order valence-corrected chi connectivity index (χ3v) is 4.76. The van der Waals surface area contributed by atoms with E-state index in [0.29, 0.717) is 11.5 Å². The summed E-state index contributed by atoms with van der Waals surface area (Å²) in [5.74, 6) is 0.281. The van der Waals surface area contributed by atoms with Crippen molar-refractivity contribution in [2.75, 3.05) is 11.5 Å². The number of carbonyl (C=O) groups is 1. The summed E-state index contributed by atoms with van der Waals surface area (Å²) in [6.07, 6.45) is 2.74. The summed E-state index contributed by atoms with van der Waals surface area (Å²) in [5.41, 5.74) is 14.5. The second kappa shape index (κ2) is 6.79. The molecule has 4 rings (SSSR count). The zero-order valence-electron chi connectivity index (χ0n) is 15.0. The first-order chi connectivity index (χ1) is 13.0. The van der Waals surface area contributed by atoms with E-state index in [-0.39, 0.29) is 24.3 Å². The average Bonchev–Trinajstić information content (AvgIpc) is 2.63. The van der Waals surface area contributed by atoms with Crippen molar-refractivity contribution in [3.05, 3.63) is 46.9 Å². The smallest absolute Gasteiger partial charge is 0.339 e. The molecular weight excluding hydrogens is 344 g/mol. The Bertz CT molecular complexity index is 1020. The van der Waals surface area contributed by atoms with E-state index >= 15 is 0 Å². The average molecular weight is 364 g/mol. The molecule has 3 aromatic rings. The van der Waals surface area contributed by atoms with Crippen molar-refractivity contribution in [1.29, 1.82) is 0 Å². The number of esters is 1. The lowest BCUT2D eigenvalue weighted by molar-refractivity contribution is 0.0462. The largest absolute Gasteiger partial charge is 0.454 e. The molecule has 4 N–H and O–H groups in total. The lowest BCUT2D eigenvalue weighted by Gasteiger charge is -2.24. The van der Waals surface area contributed by atoms with Crippen LogP contribution in [-0.2, 0) is 24.2 Å². The minimum atomic E-state index is -0.420. The van der Waals surface area contributed by atoms with Gasteiger partial charge in [-0.3, -0.25) is 4.98 Å². The van der Waals surface area contributed by atoms with E-state index < -0.39 is 5.97 Å². The van der Waals surface area contributed by atoms with E-state index in [1.165, 1.54) is 0 Å². The number of para-hydroxylation sites is 1. The van der Waals surface area contributed by atoms with Gasteiger partial charge in [0.2, 0.25) is 11.9 Å². The summed E-state index contributed by atoms with van der Waals surface area (Å²) in [5, 5.41) is 0.796. The van der Waals surface area contributed by atoms with Gasteiger partial charge in [-0.15, -0.1) is 0 Å². The number of aromatic nitrogens is 4. The molecule has 0 spiro atoms. The Morgan fingerprint density at radius 2 is 1.89 bits per heavy atom. The number of aryl methyl sites for hydroxylation is 1. The molecule has 0 saturated heterocycles. The fourth-order valence-corrected chi connectivity index (χ4v) is 3.52. The summed E-state index contributed by atoms with van der Waals surface area (Å²) in [4.78, 5) is 29.4. The quantitative estimate of drug-likeness (QED) is 0.675. The third-order valence-electron chi connectivity index (χ3n) is 4.76. The van der Waals surface area contributed by atoms with Gasteiger partial charge in [-0.25, -0.2) is 4.79 Å². The van der Waals surface area contributed by atoms with Crippen LogP contribution in [0.1, 0.15) is 40.8 Å². The lowest BCUT2D eigenvalue weighted by atomic mass is 9.84. The van der Waals surface area contributed by atoms with Gasteiger partial charge in [0.25, 0.3) is 0 Å². The molecule has 27 heavy (non-hydrogen) atoms. The maximum Gasteiger partial charge on any atom is 0.339 e. The van der Waals surface area contributed by atoms with E-state index in [4.69, 9.17) is 21.2 Å². The molecule has 0 saturated carbocycles. The van der Waals surface area contributed by atoms with Crippen LogP contribution in [0.5, 0.6) is 0 Å². The summed E-state index contributed by atoms with van der Waals surface area (Å²) in [6.45, 7) is 2.06. The standard InChI is InChI=1S/C19H20N6O2/c1-10-6-7-14-12(8-10)16(11-4-2-3-5-13(11)22-14)17(26)27-9-15-23-18(20)25-19(21)24-15/h2-5,10H,6-9H2,1H3,(H4,20,21,23,24,25)/t10-/m1/s1. The predicted octanol–water partition coefficient (Wildman–Crippen LogP) is 2.07. The molecule has 1 aliphatic rings. The molecule has 138 valence electrons. The van der Waals surface area contributed by atoms with Gasteiger partial charge >= 0.3 is 5.97 Å². The number of rotatable bonds is 3. The van der Waals surface area contributed by atoms with Crippen LogP contribution in [0, 0.1) is 5.92 Å². The normalized spacial score (nSPS) is 16.1. The Labute approximate surface area is 156 Å². The van der Waals surface area contributed by atoms with E-state index in [1.54, 1.807) is 0 Å². The maximum absolute atomic E-state index is 13.0. The topological polar surface area (TPSA) is 130 Å². The predicted molar refractivity (Wildman–Crippen MR) is 101 cm³/mol. The number of nitrogens with two attached hydrogens (primary N) is 2. The number of pyridine rings is 1. The minimum absolute atomic E-state index is 0.00545. The first-order valence-electron chi connectivity index (χ1n) is 8.84. The highest BCUT2D eigenvalue weighted by atomic mass is 16.5. The number of anilines is 2. The zero-order chi connectivity index (χ0) is 19.0. The van der Waals surface area contributed by atoms with Gasteiger partial charge in [-0.1, -0.05) is 25.1 Å². The number of fused-ring (bicyclic) bond motifs is 2. The Hall–Kier alpha value is -3.29. The van der Waals surface area contributed by atoms with Crippen molar-refractivity contribution in [1.82, 2.24) is 19.9 Å². The summed E-state index contributed by atoms with van der Waals surface area (Å²) < 4.78 is 5.50. The van der Waals surface area contributed by atoms with Crippen LogP contribution in [0.3, 0.4) is 0 Å². The van der Waals surface area contributed by atoms with E-state index in [9.17, 15) is 4.79 Å². The molecular formula is C19H20N6O2. The van der Waals surface area contributed by atoms with Gasteiger partial charge in [0.15, 0.2) is 12.4 Å². The van der Waals surface area contributed by atoms with Gasteiger partial charge in [0.1, 0.15) is 0 Å². The molecule has 1 aromatic carbocycles. The summed E-state index contributed by atoms with van der Waals surface area (Å²) in [6, 6.07) is 7.63. The Kier molecular flexibility index (Phi) is 4.31. The van der Waals surface area contributed by atoms with Gasteiger partial charge in [0.05, 0.1) is 11.1 Å². The van der Waals surface area contributed by atoms with Gasteiger partial charge in [0, 0.05) is 11.1 Å². The van der Waals surface area contributed by atoms with Crippen molar-refractivity contribution < 1.29 is 9.53 Å². The number of nitrogens with zero attached hydrogens (tertiary/aromatic N) is 4. The van der Waals surface area contributed by atoms with Crippen LogP contribution in [0.4, 0.5) is 11.9 Å². The number of nitrogen functional groups attached to an aromatic ring is 2. The fraction of sp³-hybridized carbons (Fsp3) is 0.316. The highest BCUT2D eigenvalue weighted by Gasteiger charge is 2.26. The van der Waals surface area contributed by atoms with Crippen molar-refractivity contribution >= 4 is 28.8 Å². The van der Waals surface area contributed by atoms with Gasteiger partial charge in [-0.2, -0.15) is 15.0 Å². The van der Waals surface area contributed by atoms with Crippen molar-refractivity contribution in [3.63, 3.8) is 0 Å². The number of benzene rings is 1. The van der Waals surface area contributed by atoms with Crippen LogP contribution >= 0.6 is 0 Å². The fourth-order valence-electron chi connectivity index (χ4n) is 3.52. The Balaban J connectivity index is 1.71. The second-order valence-corrected chi connectivity index (χ2v) is 6.82. The highest BCUT2D eigenvalue weighted by Crippen LogP contribution is 2.32. The second-order valence-electron chi connectivity index (χ2n) is 6.82. The molecule has 2 aromatic heterocycles. The maximum atomic E-state index is 13.0. The van der Waals surface area contributed by atoms with Crippen molar-refractivity contribution in [3.8, 4) is 0 Å². The van der Waals surface area contributed by atoms with Gasteiger partial charge < -0.3 is 16.2 Å². The molecule has 8 nitrogen and oxygen atoms in total. The Morgan fingerprint density at radius 1 is 1.15 bits per heavy atom. The monoisotopic (exact) mass is 364 g/mol. The number of hydrogen-bond donors (Lipinski definition) is 2. The molecule has 0 amide bonds. The van der Waals surface area contributed by atoms with Crippen LogP contribution in [0.2, 0.25) is 0 Å². The van der Waals surface area contributed by atoms with E-state index in [2.05, 4.69) is 21.9 Å². The molecule has 0 bridgehead atoms. The summed E-state index contributed by atoms with van der Waals surface area (Å²) in [7, 11) is 0. The van der Waals surface area contributed by atoms with E-state index in [0.717, 1.165) is 41.4 Å². The molecule has 8 heteroatoms. The van der Waals surface area contributed by atoms with Crippen molar-refractivity contribution in [2.45, 2.75) is 32.8 Å². The molecule has 1 atom stereocenters. The number of carbonyl (C=O) groups excluding carboxylic acids is 1. The summed E-state index contributed by atoms with van der Waals surface area (Å²) >= 11 is 0. The van der Waals surface area contributed by atoms with Crippen LogP contribution in [-0.4, -0.2) is 25.9 Å². The Morgan fingerprint density at radius 3 is 2.67 bits per heavy atom. The molecule has 0 fully saturated rings. The zero-order valence-corrected chi connectivity index (χ0v) is 15.0. The first-order valence-corrected chi connectivity index (χ1v) is 8.84. The molecule has 0 unspecified atom stereocenters. The minimum Gasteiger partial charge on any atom is -0.454 e. The third kappa shape index (κ3) is 3.38. The number of ether oxygens (including phenoxy) is 1. The molecule has 0 aliphatic heterocycles. The molecule has 2 heterocycles. The first kappa shape index (κ1) is 17.1. The highest BCUT2D eigenvalue weighted by molar-refractivity contribution is 6.05. The lowest BCUT2D eigenvalue weighted by Crippen LogP contribution is -2.19. The SMILES string of the molecule is C[C@@H]1CCc2nc3ccccc3c(C(=O)OCc3nc(N)nc(N)n3)c2C1. The van der Waals surface area contributed by atoms with Crippen LogP contribution < -0.4 is 11.5 Å². The molecule has 1 aliphatic carbocycles. The number of hydrogen-bond acceptors (Lipinski definition) is 8. The van der Waals surface area contributed by atoms with Gasteiger partial charge in [-0.05, 0) is 36.8 Å². The van der Waals surface area contributed by atoms with Crippen LogP contribution in [0.15, 0.2) is 24.3 Å². The molecule has 0 radical (unpaired) electrons. The van der Waals surface area contributed by atoms with Crippen molar-refractivity contribution in [2.24, 2.45) is 5.92 Å².